The first kappa shape index (κ1) is 21.2. The highest BCUT2D eigenvalue weighted by molar-refractivity contribution is 5.98. The van der Waals surface area contributed by atoms with E-state index < -0.39 is 23.4 Å². The highest BCUT2D eigenvalue weighted by atomic mass is 28.2. The lowest BCUT2D eigenvalue weighted by atomic mass is 10.0. The molecule has 1 aromatic carbocycles. The van der Waals surface area contributed by atoms with Gasteiger partial charge in [-0.3, -0.25) is 0 Å². The molecule has 0 amide bonds. The van der Waals surface area contributed by atoms with Gasteiger partial charge in [0.2, 0.25) is 0 Å². The number of hydrogen-bond acceptors (Lipinski definition) is 3. The second-order valence-corrected chi connectivity index (χ2v) is 5.95. The Bertz CT molecular complexity index is 471. The van der Waals surface area contributed by atoms with Crippen molar-refractivity contribution in [2.45, 2.75) is 58.3 Å². The number of benzene rings is 1. The maximum Gasteiger partial charge on any atom is 0.272 e. The van der Waals surface area contributed by atoms with Crippen molar-refractivity contribution in [1.29, 1.82) is 0 Å². The van der Waals surface area contributed by atoms with Crippen molar-refractivity contribution in [1.82, 2.24) is 0 Å². The van der Waals surface area contributed by atoms with Crippen LogP contribution in [-0.2, 0) is 20.3 Å². The molecule has 0 saturated carbocycles. The molecule has 0 atom stereocenters. The zero-order chi connectivity index (χ0) is 18.0. The first-order valence-electron chi connectivity index (χ1n) is 8.44. The summed E-state index contributed by atoms with van der Waals surface area (Å²) in [6, 6.07) is 2.12. The van der Waals surface area contributed by atoms with Crippen LogP contribution in [0, 0.1) is 17.5 Å². The van der Waals surface area contributed by atoms with E-state index >= 15 is 0 Å². The van der Waals surface area contributed by atoms with Gasteiger partial charge < -0.3 is 13.9 Å². The molecule has 1 aromatic rings. The van der Waals surface area contributed by atoms with Gasteiger partial charge in [-0.15, -0.1) is 0 Å². The van der Waals surface area contributed by atoms with Gasteiger partial charge in [0, 0.05) is 19.6 Å². The van der Waals surface area contributed by atoms with Gasteiger partial charge in [0.25, 0.3) is 5.97 Å². The van der Waals surface area contributed by atoms with Gasteiger partial charge in [-0.1, -0.05) is 12.8 Å². The van der Waals surface area contributed by atoms with Gasteiger partial charge in [-0.05, 0) is 50.8 Å². The number of aryl methyl sites for hydroxylation is 1. The molecule has 3 nitrogen and oxygen atoms in total. The summed E-state index contributed by atoms with van der Waals surface area (Å²) < 4.78 is 55.9. The third-order valence-electron chi connectivity index (χ3n) is 3.78. The Morgan fingerprint density at radius 1 is 0.917 bits per heavy atom. The Morgan fingerprint density at radius 2 is 1.46 bits per heavy atom. The van der Waals surface area contributed by atoms with Crippen molar-refractivity contribution >= 4 is 10.5 Å². The van der Waals surface area contributed by atoms with Crippen LogP contribution >= 0.6 is 0 Å². The fourth-order valence-corrected chi connectivity index (χ4v) is 3.06. The summed E-state index contributed by atoms with van der Waals surface area (Å²) in [6.45, 7) is 4.83. The molecule has 0 aliphatic heterocycles. The molecule has 0 aliphatic carbocycles. The average molecular weight is 364 g/mol. The molecule has 0 spiro atoms. The predicted molar refractivity (Wildman–Crippen MR) is 90.1 cm³/mol. The van der Waals surface area contributed by atoms with E-state index in [-0.39, 0.29) is 0 Å². The Balaban J connectivity index is 2.33. The molecule has 24 heavy (non-hydrogen) atoms. The van der Waals surface area contributed by atoms with Gasteiger partial charge >= 0.3 is 0 Å². The highest BCUT2D eigenvalue weighted by Gasteiger charge is 2.29. The standard InChI is InChI=1S/C17H27F3O3Si/c1-3-21-17(23-24,22-4-2)10-8-6-5-7-9-13-11-14(18)16(20)15(19)12-13/h11-12H,3-10H2,1-2,24H3. The van der Waals surface area contributed by atoms with E-state index in [2.05, 4.69) is 0 Å². The van der Waals surface area contributed by atoms with Crippen LogP contribution in [0.25, 0.3) is 0 Å². The second-order valence-electron chi connectivity index (χ2n) is 5.54. The van der Waals surface area contributed by atoms with E-state index in [1.807, 2.05) is 13.8 Å². The highest BCUT2D eigenvalue weighted by Crippen LogP contribution is 2.23. The monoisotopic (exact) mass is 364 g/mol. The van der Waals surface area contributed by atoms with Crippen molar-refractivity contribution in [3.63, 3.8) is 0 Å². The zero-order valence-electron chi connectivity index (χ0n) is 14.7. The van der Waals surface area contributed by atoms with Crippen molar-refractivity contribution < 1.29 is 27.1 Å². The number of hydrogen-bond donors (Lipinski definition) is 0. The van der Waals surface area contributed by atoms with Gasteiger partial charge in [0.05, 0.1) is 0 Å². The normalized spacial score (nSPS) is 12.0. The molecule has 138 valence electrons. The second kappa shape index (κ2) is 10.9. The molecule has 0 N–H and O–H groups in total. The van der Waals surface area contributed by atoms with Crippen LogP contribution in [0.3, 0.4) is 0 Å². The Kier molecular flexibility index (Phi) is 9.58. The first-order chi connectivity index (χ1) is 11.5. The Labute approximate surface area is 145 Å². The van der Waals surface area contributed by atoms with Crippen LogP contribution in [0.5, 0.6) is 0 Å². The van der Waals surface area contributed by atoms with Crippen LogP contribution in [0.1, 0.15) is 51.5 Å². The molecule has 0 unspecified atom stereocenters. The SMILES string of the molecule is CCOC(CCCCCCc1cc(F)c(F)c(F)c1)(O[SiH3])OCC. The van der Waals surface area contributed by atoms with Crippen molar-refractivity contribution in [2.75, 3.05) is 13.2 Å². The number of rotatable bonds is 12. The van der Waals surface area contributed by atoms with E-state index in [1.165, 1.54) is 0 Å². The smallest absolute Gasteiger partial charge is 0.272 e. The maximum absolute atomic E-state index is 13.1. The summed E-state index contributed by atoms with van der Waals surface area (Å²) in [5, 5.41) is 0. The third-order valence-corrected chi connectivity index (χ3v) is 4.40. The summed E-state index contributed by atoms with van der Waals surface area (Å²) in [5.74, 6) is -4.61. The zero-order valence-corrected chi connectivity index (χ0v) is 16.7. The van der Waals surface area contributed by atoms with Gasteiger partial charge in [0.1, 0.15) is 0 Å². The average Bonchev–Trinajstić information content (AvgIpc) is 2.56. The minimum Gasteiger partial charge on any atom is -0.380 e. The lowest BCUT2D eigenvalue weighted by Crippen LogP contribution is -2.38. The molecule has 7 heteroatoms. The van der Waals surface area contributed by atoms with Crippen LogP contribution in [-0.4, -0.2) is 29.7 Å². The molecule has 0 aromatic heterocycles. The minimum absolute atomic E-state index is 0.479. The minimum atomic E-state index is -1.41. The quantitative estimate of drug-likeness (QED) is 0.245. The molecule has 0 heterocycles. The van der Waals surface area contributed by atoms with Crippen LogP contribution < -0.4 is 0 Å². The lowest BCUT2D eigenvalue weighted by Gasteiger charge is -2.31. The molecule has 0 fully saturated rings. The fourth-order valence-electron chi connectivity index (χ4n) is 2.62. The molecule has 1 rings (SSSR count). The number of halogens is 3. The molecule has 0 saturated heterocycles. The van der Waals surface area contributed by atoms with Gasteiger partial charge in [0.15, 0.2) is 27.9 Å². The first-order valence-corrected chi connectivity index (χ1v) is 9.26. The van der Waals surface area contributed by atoms with Crippen molar-refractivity contribution in [3.8, 4) is 0 Å². The van der Waals surface area contributed by atoms with Crippen LogP contribution in [0.4, 0.5) is 13.2 Å². The topological polar surface area (TPSA) is 27.7 Å². The van der Waals surface area contributed by atoms with Crippen LogP contribution in [0.2, 0.25) is 0 Å². The van der Waals surface area contributed by atoms with E-state index in [0.717, 1.165) is 37.8 Å². The molecule has 0 aliphatic rings. The summed E-state index contributed by atoms with van der Waals surface area (Å²) in [5.41, 5.74) is 0.479. The Morgan fingerprint density at radius 3 is 1.96 bits per heavy atom. The Hall–Kier alpha value is -0.893. The fraction of sp³-hybridized carbons (Fsp3) is 0.647. The molecule has 0 radical (unpaired) electrons. The van der Waals surface area contributed by atoms with Crippen molar-refractivity contribution in [3.05, 3.63) is 35.1 Å². The van der Waals surface area contributed by atoms with E-state index in [0.29, 0.717) is 42.1 Å². The van der Waals surface area contributed by atoms with Gasteiger partial charge in [-0.25, -0.2) is 13.2 Å². The van der Waals surface area contributed by atoms with Crippen molar-refractivity contribution in [2.24, 2.45) is 0 Å². The van der Waals surface area contributed by atoms with E-state index in [1.54, 1.807) is 0 Å². The number of ether oxygens (including phenoxy) is 2. The summed E-state index contributed by atoms with van der Waals surface area (Å²) in [6.07, 6.45) is 4.65. The molecule has 0 bridgehead atoms. The number of unbranched alkanes of at least 4 members (excludes halogenated alkanes) is 3. The largest absolute Gasteiger partial charge is 0.380 e. The summed E-state index contributed by atoms with van der Waals surface area (Å²) in [7, 11) is 0.523. The summed E-state index contributed by atoms with van der Waals surface area (Å²) >= 11 is 0. The maximum atomic E-state index is 13.1. The van der Waals surface area contributed by atoms with Crippen LogP contribution in [0.15, 0.2) is 12.1 Å². The van der Waals surface area contributed by atoms with E-state index in [4.69, 9.17) is 13.9 Å². The predicted octanol–water partition coefficient (Wildman–Crippen LogP) is 3.62. The molecular formula is C17H27F3O3Si. The van der Waals surface area contributed by atoms with E-state index in [9.17, 15) is 13.2 Å². The summed E-state index contributed by atoms with van der Waals surface area (Å²) in [4.78, 5) is 0. The van der Waals surface area contributed by atoms with Gasteiger partial charge in [-0.2, -0.15) is 0 Å². The molecular weight excluding hydrogens is 337 g/mol. The lowest BCUT2D eigenvalue weighted by molar-refractivity contribution is -0.344. The third kappa shape index (κ3) is 6.55.